The molecule has 1 heterocycles. The van der Waals surface area contributed by atoms with Gasteiger partial charge in [-0.1, -0.05) is 61.3 Å². The van der Waals surface area contributed by atoms with Gasteiger partial charge in [-0.2, -0.15) is 0 Å². The average Bonchev–Trinajstić information content (AvgIpc) is 3.09. The number of rotatable bonds is 6. The van der Waals surface area contributed by atoms with Crippen molar-refractivity contribution in [1.82, 2.24) is 0 Å². The first kappa shape index (κ1) is 25.8. The van der Waals surface area contributed by atoms with E-state index in [2.05, 4.69) is 0 Å². The fourth-order valence-corrected chi connectivity index (χ4v) is 5.07. The summed E-state index contributed by atoms with van der Waals surface area (Å²) in [7, 11) is 0. The SMILES string of the molecule is CCOc1ccc(/C(O)=C2\C(=O)C(=O)N(c3cc(Cl)cc(Cl)c3)C2c2ccccc2C)cc1C(C)C. The Labute approximate surface area is 220 Å². The summed E-state index contributed by atoms with van der Waals surface area (Å²) in [6.07, 6.45) is 0. The molecule has 3 aromatic rings. The smallest absolute Gasteiger partial charge is 0.300 e. The van der Waals surface area contributed by atoms with Gasteiger partial charge in [0.05, 0.1) is 18.2 Å². The largest absolute Gasteiger partial charge is 0.507 e. The molecule has 3 aromatic carbocycles. The van der Waals surface area contributed by atoms with Gasteiger partial charge >= 0.3 is 0 Å². The maximum atomic E-state index is 13.5. The predicted octanol–water partition coefficient (Wildman–Crippen LogP) is 7.45. The molecule has 1 fully saturated rings. The number of anilines is 1. The molecule has 0 aliphatic carbocycles. The number of ether oxygens (including phenoxy) is 1. The maximum absolute atomic E-state index is 13.5. The lowest BCUT2D eigenvalue weighted by Gasteiger charge is -2.27. The van der Waals surface area contributed by atoms with Crippen molar-refractivity contribution in [1.29, 1.82) is 0 Å². The van der Waals surface area contributed by atoms with Crippen LogP contribution in [-0.2, 0) is 9.59 Å². The molecule has 1 aliphatic rings. The fourth-order valence-electron chi connectivity index (χ4n) is 4.55. The Balaban J connectivity index is 1.97. The Morgan fingerprint density at radius 2 is 1.69 bits per heavy atom. The minimum Gasteiger partial charge on any atom is -0.507 e. The number of benzene rings is 3. The Morgan fingerprint density at radius 3 is 2.31 bits per heavy atom. The lowest BCUT2D eigenvalue weighted by Crippen LogP contribution is -2.29. The van der Waals surface area contributed by atoms with Crippen LogP contribution in [0.2, 0.25) is 10.0 Å². The number of carbonyl (C=O) groups is 2. The number of amides is 1. The minimum absolute atomic E-state index is 0.00395. The summed E-state index contributed by atoms with van der Waals surface area (Å²) in [4.78, 5) is 28.2. The number of hydrogen-bond acceptors (Lipinski definition) is 4. The summed E-state index contributed by atoms with van der Waals surface area (Å²) in [5.41, 5.74) is 3.28. The van der Waals surface area contributed by atoms with Gasteiger partial charge in [0, 0.05) is 21.3 Å². The van der Waals surface area contributed by atoms with Crippen LogP contribution in [0.25, 0.3) is 5.76 Å². The molecule has 1 saturated heterocycles. The van der Waals surface area contributed by atoms with E-state index in [1.807, 2.05) is 58.0 Å². The zero-order chi connectivity index (χ0) is 26.1. The number of carbonyl (C=O) groups excluding carboxylic acids is 2. The first-order chi connectivity index (χ1) is 17.1. The second kappa shape index (κ2) is 10.4. The quantitative estimate of drug-likeness (QED) is 0.207. The molecule has 0 bridgehead atoms. The number of aliphatic hydroxyl groups excluding tert-OH is 1. The highest BCUT2D eigenvalue weighted by molar-refractivity contribution is 6.52. The van der Waals surface area contributed by atoms with Crippen LogP contribution in [0.3, 0.4) is 0 Å². The molecule has 4 rings (SSSR count). The van der Waals surface area contributed by atoms with E-state index in [4.69, 9.17) is 27.9 Å². The van der Waals surface area contributed by atoms with Crippen molar-refractivity contribution < 1.29 is 19.4 Å². The van der Waals surface area contributed by atoms with E-state index < -0.39 is 17.7 Å². The number of Topliss-reactive ketones (excluding diaryl/α,β-unsaturated/α-hetero) is 1. The Morgan fingerprint density at radius 1 is 1.03 bits per heavy atom. The second-order valence-corrected chi connectivity index (χ2v) is 9.87. The van der Waals surface area contributed by atoms with Crippen molar-refractivity contribution in [3.05, 3.63) is 98.5 Å². The van der Waals surface area contributed by atoms with Crippen molar-refractivity contribution in [2.75, 3.05) is 11.5 Å². The van der Waals surface area contributed by atoms with Crippen molar-refractivity contribution in [2.45, 2.75) is 39.7 Å². The topological polar surface area (TPSA) is 66.8 Å². The van der Waals surface area contributed by atoms with Crippen LogP contribution in [0.1, 0.15) is 55.0 Å². The molecule has 0 aromatic heterocycles. The van der Waals surface area contributed by atoms with Crippen molar-refractivity contribution in [2.24, 2.45) is 0 Å². The summed E-state index contributed by atoms with van der Waals surface area (Å²) in [6, 6.07) is 16.6. The molecule has 1 unspecified atom stereocenters. The van der Waals surface area contributed by atoms with Crippen LogP contribution in [0.5, 0.6) is 5.75 Å². The summed E-state index contributed by atoms with van der Waals surface area (Å²) in [5.74, 6) is -0.965. The van der Waals surface area contributed by atoms with Crippen molar-refractivity contribution in [3.63, 3.8) is 0 Å². The lowest BCUT2D eigenvalue weighted by atomic mass is 9.91. The third-order valence-electron chi connectivity index (χ3n) is 6.26. The highest BCUT2D eigenvalue weighted by Gasteiger charge is 2.47. The van der Waals surface area contributed by atoms with Gasteiger partial charge in [-0.25, -0.2) is 0 Å². The molecule has 1 amide bonds. The van der Waals surface area contributed by atoms with E-state index in [0.717, 1.165) is 11.1 Å². The normalized spacial score (nSPS) is 17.2. The van der Waals surface area contributed by atoms with E-state index in [9.17, 15) is 14.7 Å². The highest BCUT2D eigenvalue weighted by Crippen LogP contribution is 2.44. The van der Waals surface area contributed by atoms with Crippen LogP contribution in [0.15, 0.2) is 66.2 Å². The van der Waals surface area contributed by atoms with Gasteiger partial charge in [-0.05, 0) is 72.9 Å². The maximum Gasteiger partial charge on any atom is 0.300 e. The van der Waals surface area contributed by atoms with Crippen molar-refractivity contribution >= 4 is 46.3 Å². The van der Waals surface area contributed by atoms with Crippen LogP contribution >= 0.6 is 23.2 Å². The van der Waals surface area contributed by atoms with E-state index >= 15 is 0 Å². The van der Waals surface area contributed by atoms with Gasteiger partial charge in [-0.15, -0.1) is 0 Å². The Kier molecular flexibility index (Phi) is 7.43. The molecule has 0 saturated carbocycles. The molecule has 7 heteroatoms. The van der Waals surface area contributed by atoms with Gasteiger partial charge < -0.3 is 9.84 Å². The van der Waals surface area contributed by atoms with E-state index in [0.29, 0.717) is 39.2 Å². The molecular formula is C29H27Cl2NO4. The third kappa shape index (κ3) is 4.73. The van der Waals surface area contributed by atoms with Crippen LogP contribution in [0, 0.1) is 6.92 Å². The number of nitrogens with zero attached hydrogens (tertiary/aromatic N) is 1. The zero-order valence-corrected chi connectivity index (χ0v) is 22.0. The summed E-state index contributed by atoms with van der Waals surface area (Å²) in [5, 5.41) is 12.2. The molecule has 36 heavy (non-hydrogen) atoms. The molecule has 186 valence electrons. The fraction of sp³-hybridized carbons (Fsp3) is 0.241. The van der Waals surface area contributed by atoms with Gasteiger partial charge in [0.25, 0.3) is 11.7 Å². The van der Waals surface area contributed by atoms with Gasteiger partial charge in [0.15, 0.2) is 0 Å². The van der Waals surface area contributed by atoms with Crippen LogP contribution < -0.4 is 9.64 Å². The zero-order valence-electron chi connectivity index (χ0n) is 20.5. The van der Waals surface area contributed by atoms with Gasteiger partial charge in [-0.3, -0.25) is 14.5 Å². The molecule has 0 radical (unpaired) electrons. The third-order valence-corrected chi connectivity index (χ3v) is 6.69. The number of halogens is 2. The number of hydrogen-bond donors (Lipinski definition) is 1. The number of aliphatic hydroxyl groups is 1. The minimum atomic E-state index is -0.866. The van der Waals surface area contributed by atoms with Crippen LogP contribution in [-0.4, -0.2) is 23.4 Å². The molecule has 1 N–H and O–H groups in total. The molecule has 1 aliphatic heterocycles. The summed E-state index contributed by atoms with van der Waals surface area (Å²) < 4.78 is 5.75. The first-order valence-corrected chi connectivity index (χ1v) is 12.5. The highest BCUT2D eigenvalue weighted by atomic mass is 35.5. The Bertz CT molecular complexity index is 1360. The van der Waals surface area contributed by atoms with E-state index in [1.165, 1.54) is 4.90 Å². The summed E-state index contributed by atoms with van der Waals surface area (Å²) in [6.45, 7) is 8.36. The standard InChI is InChI=1S/C29H27Cl2NO4/c1-5-36-24-11-10-18(12-23(24)16(2)3)27(33)25-26(22-9-7-6-8-17(22)4)32(29(35)28(25)34)21-14-19(30)13-20(31)15-21/h6-16,26,33H,5H2,1-4H3/b27-25+. The monoisotopic (exact) mass is 523 g/mol. The molecule has 5 nitrogen and oxygen atoms in total. The Hall–Kier alpha value is -3.28. The van der Waals surface area contributed by atoms with Gasteiger partial charge in [0.1, 0.15) is 11.5 Å². The van der Waals surface area contributed by atoms with Crippen molar-refractivity contribution in [3.8, 4) is 5.75 Å². The van der Waals surface area contributed by atoms with Gasteiger partial charge in [0.2, 0.25) is 0 Å². The average molecular weight is 524 g/mol. The molecular weight excluding hydrogens is 497 g/mol. The molecule has 0 spiro atoms. The van der Waals surface area contributed by atoms with E-state index in [1.54, 1.807) is 30.3 Å². The molecule has 1 atom stereocenters. The number of aryl methyl sites for hydroxylation is 1. The predicted molar refractivity (Wildman–Crippen MR) is 144 cm³/mol. The van der Waals surface area contributed by atoms with Crippen LogP contribution in [0.4, 0.5) is 5.69 Å². The lowest BCUT2D eigenvalue weighted by molar-refractivity contribution is -0.132. The number of ketones is 1. The second-order valence-electron chi connectivity index (χ2n) is 8.99. The first-order valence-electron chi connectivity index (χ1n) is 11.7. The summed E-state index contributed by atoms with van der Waals surface area (Å²) >= 11 is 12.5. The van der Waals surface area contributed by atoms with E-state index in [-0.39, 0.29) is 17.3 Å².